The van der Waals surface area contributed by atoms with Crippen LogP contribution < -0.4 is 4.90 Å². The van der Waals surface area contributed by atoms with E-state index in [-0.39, 0.29) is 18.2 Å². The van der Waals surface area contributed by atoms with Crippen LogP contribution in [0, 0.1) is 0 Å². The predicted molar refractivity (Wildman–Crippen MR) is 77.9 cm³/mol. The summed E-state index contributed by atoms with van der Waals surface area (Å²) in [7, 11) is 0. The summed E-state index contributed by atoms with van der Waals surface area (Å²) in [5.41, 5.74) is 2.64. The van der Waals surface area contributed by atoms with Gasteiger partial charge < -0.3 is 4.90 Å². The Morgan fingerprint density at radius 2 is 1.65 bits per heavy atom. The van der Waals surface area contributed by atoms with Crippen molar-refractivity contribution in [1.29, 1.82) is 0 Å². The zero-order valence-corrected chi connectivity index (χ0v) is 11.1. The van der Waals surface area contributed by atoms with Crippen molar-refractivity contribution in [3.05, 3.63) is 65.7 Å². The van der Waals surface area contributed by atoms with Gasteiger partial charge in [-0.3, -0.25) is 9.59 Å². The van der Waals surface area contributed by atoms with Gasteiger partial charge in [0.05, 0.1) is 6.54 Å². The average Bonchev–Trinajstić information content (AvgIpc) is 2.51. The van der Waals surface area contributed by atoms with Crippen LogP contribution in [0.4, 0.5) is 5.69 Å². The van der Waals surface area contributed by atoms with Crippen molar-refractivity contribution in [2.24, 2.45) is 0 Å². The second kappa shape index (κ2) is 5.29. The Bertz CT molecular complexity index is 649. The highest BCUT2D eigenvalue weighted by atomic mass is 16.2. The number of rotatable bonds is 3. The number of hydrogen-bond donors (Lipinski definition) is 0. The number of ketones is 1. The minimum Gasteiger partial charge on any atom is -0.304 e. The lowest BCUT2D eigenvalue weighted by Crippen LogP contribution is -2.39. The van der Waals surface area contributed by atoms with Gasteiger partial charge >= 0.3 is 0 Å². The second-order valence-corrected chi connectivity index (χ2v) is 4.90. The molecule has 100 valence electrons. The number of benzene rings is 2. The van der Waals surface area contributed by atoms with Gasteiger partial charge in [0.1, 0.15) is 0 Å². The molecule has 0 atom stereocenters. The minimum absolute atomic E-state index is 0.0213. The fraction of sp³-hybridized carbons (Fsp3) is 0.176. The first-order valence-corrected chi connectivity index (χ1v) is 6.72. The third-order valence-corrected chi connectivity index (χ3v) is 3.59. The molecule has 0 N–H and O–H groups in total. The molecule has 3 rings (SSSR count). The Morgan fingerprint density at radius 3 is 2.45 bits per heavy atom. The number of Topliss-reactive ketones (excluding diaryl/α,β-unsaturated/α-hetero) is 1. The molecular weight excluding hydrogens is 250 g/mol. The first kappa shape index (κ1) is 12.6. The van der Waals surface area contributed by atoms with Gasteiger partial charge in [0.25, 0.3) is 0 Å². The fourth-order valence-corrected chi connectivity index (χ4v) is 2.53. The number of carbonyl (C=O) groups is 2. The van der Waals surface area contributed by atoms with E-state index in [1.165, 1.54) is 0 Å². The maximum Gasteiger partial charge on any atom is 0.227 e. The summed E-state index contributed by atoms with van der Waals surface area (Å²) in [5, 5.41) is 0. The molecule has 0 unspecified atom stereocenters. The molecule has 0 spiro atoms. The van der Waals surface area contributed by atoms with Crippen molar-refractivity contribution in [2.75, 3.05) is 11.4 Å². The highest BCUT2D eigenvalue weighted by molar-refractivity contribution is 6.06. The molecule has 1 aliphatic rings. The van der Waals surface area contributed by atoms with Gasteiger partial charge in [0, 0.05) is 17.7 Å². The van der Waals surface area contributed by atoms with Crippen LogP contribution in [0.1, 0.15) is 22.3 Å². The molecule has 3 heteroatoms. The maximum atomic E-state index is 12.3. The first-order valence-electron chi connectivity index (χ1n) is 6.72. The molecule has 2 aromatic carbocycles. The van der Waals surface area contributed by atoms with E-state index >= 15 is 0 Å². The molecule has 1 amide bonds. The lowest BCUT2D eigenvalue weighted by molar-refractivity contribution is -0.118. The Balaban J connectivity index is 1.87. The van der Waals surface area contributed by atoms with Gasteiger partial charge in [0.2, 0.25) is 5.91 Å². The van der Waals surface area contributed by atoms with Crippen molar-refractivity contribution >= 4 is 17.4 Å². The van der Waals surface area contributed by atoms with Crippen molar-refractivity contribution in [1.82, 2.24) is 0 Å². The molecule has 0 saturated heterocycles. The highest BCUT2D eigenvalue weighted by Gasteiger charge is 2.25. The smallest absolute Gasteiger partial charge is 0.227 e. The number of fused-ring (bicyclic) bond motifs is 1. The highest BCUT2D eigenvalue weighted by Crippen LogP contribution is 2.27. The summed E-state index contributed by atoms with van der Waals surface area (Å²) in [6.45, 7) is 0.111. The monoisotopic (exact) mass is 265 g/mol. The van der Waals surface area contributed by atoms with Gasteiger partial charge in [0.15, 0.2) is 5.78 Å². The van der Waals surface area contributed by atoms with E-state index in [2.05, 4.69) is 0 Å². The first-order chi connectivity index (χ1) is 9.75. The quantitative estimate of drug-likeness (QED) is 0.800. The minimum atomic E-state index is -0.0318. The Hall–Kier alpha value is -2.42. The van der Waals surface area contributed by atoms with E-state index in [9.17, 15) is 9.59 Å². The lowest BCUT2D eigenvalue weighted by Gasteiger charge is -2.28. The summed E-state index contributed by atoms with van der Waals surface area (Å²) in [6.07, 6.45) is 1.23. The summed E-state index contributed by atoms with van der Waals surface area (Å²) in [5.74, 6) is -0.0105. The lowest BCUT2D eigenvalue weighted by atomic mass is 10.0. The SMILES string of the molecule is O=C(CN1C(=O)CCc2ccccc21)c1ccccc1. The van der Waals surface area contributed by atoms with E-state index in [0.29, 0.717) is 12.0 Å². The van der Waals surface area contributed by atoms with E-state index in [0.717, 1.165) is 17.7 Å². The summed E-state index contributed by atoms with van der Waals surface area (Å²) < 4.78 is 0. The average molecular weight is 265 g/mol. The largest absolute Gasteiger partial charge is 0.304 e. The van der Waals surface area contributed by atoms with Crippen molar-refractivity contribution in [2.45, 2.75) is 12.8 Å². The third-order valence-electron chi connectivity index (χ3n) is 3.59. The zero-order chi connectivity index (χ0) is 13.9. The van der Waals surface area contributed by atoms with E-state index in [1.807, 2.05) is 42.5 Å². The molecule has 20 heavy (non-hydrogen) atoms. The number of nitrogens with zero attached hydrogens (tertiary/aromatic N) is 1. The zero-order valence-electron chi connectivity index (χ0n) is 11.1. The number of amides is 1. The standard InChI is InChI=1S/C17H15NO2/c19-16(14-7-2-1-3-8-14)12-18-15-9-5-4-6-13(15)10-11-17(18)20/h1-9H,10-12H2. The van der Waals surface area contributed by atoms with Crippen LogP contribution in [0.25, 0.3) is 0 Å². The van der Waals surface area contributed by atoms with Crippen LogP contribution in [0.2, 0.25) is 0 Å². The van der Waals surface area contributed by atoms with Crippen LogP contribution >= 0.6 is 0 Å². The number of carbonyl (C=O) groups excluding carboxylic acids is 2. The number of aryl methyl sites for hydroxylation is 1. The second-order valence-electron chi connectivity index (χ2n) is 4.90. The van der Waals surface area contributed by atoms with Gasteiger partial charge in [-0.15, -0.1) is 0 Å². The molecule has 1 heterocycles. The summed E-state index contributed by atoms with van der Waals surface area (Å²) >= 11 is 0. The molecule has 0 saturated carbocycles. The fourth-order valence-electron chi connectivity index (χ4n) is 2.53. The van der Waals surface area contributed by atoms with Gasteiger partial charge in [-0.1, -0.05) is 48.5 Å². The van der Waals surface area contributed by atoms with Crippen LogP contribution in [-0.4, -0.2) is 18.2 Å². The number of hydrogen-bond acceptors (Lipinski definition) is 2. The van der Waals surface area contributed by atoms with Crippen molar-refractivity contribution in [3.8, 4) is 0 Å². The van der Waals surface area contributed by atoms with E-state index in [1.54, 1.807) is 17.0 Å². The molecule has 0 aliphatic carbocycles. The molecule has 0 bridgehead atoms. The van der Waals surface area contributed by atoms with Crippen LogP contribution in [0.15, 0.2) is 54.6 Å². The third kappa shape index (κ3) is 2.35. The molecular formula is C17H15NO2. The summed E-state index contributed by atoms with van der Waals surface area (Å²) in [6, 6.07) is 16.9. The van der Waals surface area contributed by atoms with E-state index in [4.69, 9.17) is 0 Å². The van der Waals surface area contributed by atoms with Gasteiger partial charge in [-0.25, -0.2) is 0 Å². The Morgan fingerprint density at radius 1 is 0.950 bits per heavy atom. The van der Waals surface area contributed by atoms with Gasteiger partial charge in [-0.05, 0) is 18.1 Å². The molecule has 2 aromatic rings. The molecule has 0 fully saturated rings. The number of para-hydroxylation sites is 1. The van der Waals surface area contributed by atoms with Crippen LogP contribution in [-0.2, 0) is 11.2 Å². The summed E-state index contributed by atoms with van der Waals surface area (Å²) in [4.78, 5) is 26.0. The topological polar surface area (TPSA) is 37.4 Å². The van der Waals surface area contributed by atoms with Crippen LogP contribution in [0.5, 0.6) is 0 Å². The molecule has 0 aromatic heterocycles. The van der Waals surface area contributed by atoms with Crippen molar-refractivity contribution < 1.29 is 9.59 Å². The Kier molecular flexibility index (Phi) is 3.33. The normalized spacial score (nSPS) is 14.0. The van der Waals surface area contributed by atoms with E-state index < -0.39 is 0 Å². The maximum absolute atomic E-state index is 12.3. The van der Waals surface area contributed by atoms with Crippen molar-refractivity contribution in [3.63, 3.8) is 0 Å². The van der Waals surface area contributed by atoms with Gasteiger partial charge in [-0.2, -0.15) is 0 Å². The molecule has 1 aliphatic heterocycles. The molecule has 3 nitrogen and oxygen atoms in total. The van der Waals surface area contributed by atoms with Crippen LogP contribution in [0.3, 0.4) is 0 Å². The Labute approximate surface area is 117 Å². The predicted octanol–water partition coefficient (Wildman–Crippen LogP) is 2.85. The molecule has 0 radical (unpaired) electrons. The number of anilines is 1.